The van der Waals surface area contributed by atoms with Gasteiger partial charge < -0.3 is 10.6 Å². The summed E-state index contributed by atoms with van der Waals surface area (Å²) < 4.78 is 0. The van der Waals surface area contributed by atoms with E-state index >= 15 is 0 Å². The van der Waals surface area contributed by atoms with Crippen molar-refractivity contribution in [2.24, 2.45) is 11.8 Å². The zero-order chi connectivity index (χ0) is 15.1. The van der Waals surface area contributed by atoms with Gasteiger partial charge in [0, 0.05) is 37.0 Å². The Labute approximate surface area is 131 Å². The lowest BCUT2D eigenvalue weighted by atomic mass is 9.97. The second-order valence-electron chi connectivity index (χ2n) is 6.03. The lowest BCUT2D eigenvalue weighted by Gasteiger charge is -2.32. The van der Waals surface area contributed by atoms with E-state index in [-0.39, 0.29) is 11.8 Å². The van der Waals surface area contributed by atoms with Gasteiger partial charge in [-0.2, -0.15) is 0 Å². The number of hydrogen-bond acceptors (Lipinski definition) is 4. The van der Waals surface area contributed by atoms with Crippen molar-refractivity contribution in [2.75, 3.05) is 33.2 Å². The lowest BCUT2D eigenvalue weighted by Crippen LogP contribution is -2.42. The molecule has 1 amide bonds. The summed E-state index contributed by atoms with van der Waals surface area (Å²) in [5.74, 6) is 0.796. The molecule has 1 aromatic rings. The molecule has 0 saturated carbocycles. The third kappa shape index (κ3) is 5.41. The van der Waals surface area contributed by atoms with Crippen molar-refractivity contribution in [1.29, 1.82) is 0 Å². The van der Waals surface area contributed by atoms with Gasteiger partial charge in [0.25, 0.3) is 0 Å². The molecule has 0 aliphatic carbocycles. The van der Waals surface area contributed by atoms with Crippen LogP contribution in [0.5, 0.6) is 0 Å². The molecule has 0 spiro atoms. The number of thiophene rings is 1. The van der Waals surface area contributed by atoms with Crippen molar-refractivity contribution in [3.8, 4) is 0 Å². The molecule has 2 N–H and O–H groups in total. The minimum atomic E-state index is 0.0424. The zero-order valence-corrected chi connectivity index (χ0v) is 13.9. The highest BCUT2D eigenvalue weighted by Crippen LogP contribution is 2.20. The van der Waals surface area contributed by atoms with E-state index < -0.39 is 0 Å². The smallest absolute Gasteiger partial charge is 0.224 e. The highest BCUT2D eigenvalue weighted by atomic mass is 32.1. The normalized spacial score (nSPS) is 21.1. The van der Waals surface area contributed by atoms with Crippen LogP contribution in [0, 0.1) is 11.8 Å². The van der Waals surface area contributed by atoms with E-state index in [1.54, 1.807) is 0 Å². The predicted octanol–water partition coefficient (Wildman–Crippen LogP) is 1.93. The molecule has 1 aliphatic heterocycles. The summed E-state index contributed by atoms with van der Waals surface area (Å²) in [5, 5.41) is 8.30. The van der Waals surface area contributed by atoms with Crippen LogP contribution in [0.3, 0.4) is 0 Å². The van der Waals surface area contributed by atoms with Gasteiger partial charge in [0.1, 0.15) is 0 Å². The molecule has 2 unspecified atom stereocenters. The number of amides is 1. The van der Waals surface area contributed by atoms with Crippen LogP contribution in [-0.4, -0.2) is 44.0 Å². The number of rotatable bonds is 7. The first-order valence-electron chi connectivity index (χ1n) is 7.86. The van der Waals surface area contributed by atoms with E-state index in [9.17, 15) is 4.79 Å². The highest BCUT2D eigenvalue weighted by molar-refractivity contribution is 7.09. The van der Waals surface area contributed by atoms with E-state index in [4.69, 9.17) is 0 Å². The van der Waals surface area contributed by atoms with Crippen LogP contribution in [0.25, 0.3) is 0 Å². The maximum Gasteiger partial charge on any atom is 0.224 e. The Morgan fingerprint density at radius 3 is 3.14 bits per heavy atom. The Bertz CT molecular complexity index is 421. The van der Waals surface area contributed by atoms with Crippen LogP contribution in [0.1, 0.15) is 24.6 Å². The zero-order valence-electron chi connectivity index (χ0n) is 13.1. The van der Waals surface area contributed by atoms with Crippen LogP contribution in [0.15, 0.2) is 17.5 Å². The van der Waals surface area contributed by atoms with Crippen LogP contribution >= 0.6 is 11.3 Å². The summed E-state index contributed by atoms with van der Waals surface area (Å²) in [6.45, 7) is 6.85. The highest BCUT2D eigenvalue weighted by Gasteiger charge is 2.21. The van der Waals surface area contributed by atoms with E-state index in [0.29, 0.717) is 5.92 Å². The molecule has 0 bridgehead atoms. The van der Waals surface area contributed by atoms with Crippen LogP contribution in [0.4, 0.5) is 0 Å². The van der Waals surface area contributed by atoms with Gasteiger partial charge in [0.05, 0.1) is 0 Å². The standard InChI is InChI=1S/C16H27N3OS/c1-13(9-17-2)16(20)18-10-14-5-3-7-19(11-14)12-15-6-4-8-21-15/h4,6,8,13-14,17H,3,5,7,9-12H2,1-2H3,(H,18,20). The van der Waals surface area contributed by atoms with Crippen molar-refractivity contribution in [3.05, 3.63) is 22.4 Å². The second kappa shape index (κ2) is 8.51. The molecule has 2 heterocycles. The molecule has 1 aliphatic rings. The predicted molar refractivity (Wildman–Crippen MR) is 88.4 cm³/mol. The summed E-state index contributed by atoms with van der Waals surface area (Å²) in [7, 11) is 1.88. The number of carbonyl (C=O) groups excluding carboxylic acids is 1. The first-order chi connectivity index (χ1) is 10.2. The molecule has 5 heteroatoms. The molecule has 4 nitrogen and oxygen atoms in total. The monoisotopic (exact) mass is 309 g/mol. The van der Waals surface area contributed by atoms with Gasteiger partial charge in [0.15, 0.2) is 0 Å². The maximum absolute atomic E-state index is 12.0. The van der Waals surface area contributed by atoms with E-state index in [1.807, 2.05) is 25.3 Å². The number of nitrogens with zero attached hydrogens (tertiary/aromatic N) is 1. The fourth-order valence-electron chi connectivity index (χ4n) is 2.90. The molecule has 1 aromatic heterocycles. The molecule has 118 valence electrons. The second-order valence-corrected chi connectivity index (χ2v) is 7.06. The summed E-state index contributed by atoms with van der Waals surface area (Å²) in [4.78, 5) is 15.9. The SMILES string of the molecule is CNCC(C)C(=O)NCC1CCCN(Cc2cccs2)C1. The average Bonchev–Trinajstić information content (AvgIpc) is 2.98. The number of carbonyl (C=O) groups is 1. The Balaban J connectivity index is 1.72. The Hall–Kier alpha value is -0.910. The van der Waals surface area contributed by atoms with Gasteiger partial charge in [-0.1, -0.05) is 13.0 Å². The van der Waals surface area contributed by atoms with Crippen molar-refractivity contribution >= 4 is 17.2 Å². The molecule has 1 saturated heterocycles. The van der Waals surface area contributed by atoms with Crippen LogP contribution in [0.2, 0.25) is 0 Å². The first-order valence-corrected chi connectivity index (χ1v) is 8.74. The summed E-state index contributed by atoms with van der Waals surface area (Å²) in [6.07, 6.45) is 2.46. The molecule has 0 aromatic carbocycles. The van der Waals surface area contributed by atoms with Gasteiger partial charge in [0.2, 0.25) is 5.91 Å². The summed E-state index contributed by atoms with van der Waals surface area (Å²) >= 11 is 1.83. The van der Waals surface area contributed by atoms with Gasteiger partial charge in [-0.15, -0.1) is 11.3 Å². The van der Waals surface area contributed by atoms with E-state index in [0.717, 1.165) is 26.2 Å². The maximum atomic E-state index is 12.0. The third-order valence-electron chi connectivity index (χ3n) is 4.09. The summed E-state index contributed by atoms with van der Waals surface area (Å²) in [5.41, 5.74) is 0. The fraction of sp³-hybridized carbons (Fsp3) is 0.688. The van der Waals surface area contributed by atoms with Crippen molar-refractivity contribution < 1.29 is 4.79 Å². The number of nitrogens with one attached hydrogen (secondary N) is 2. The average molecular weight is 309 g/mol. The van der Waals surface area contributed by atoms with Crippen LogP contribution in [-0.2, 0) is 11.3 Å². The quantitative estimate of drug-likeness (QED) is 0.809. The fourth-order valence-corrected chi connectivity index (χ4v) is 3.65. The molecular formula is C16H27N3OS. The van der Waals surface area contributed by atoms with Gasteiger partial charge in [-0.05, 0) is 43.8 Å². The van der Waals surface area contributed by atoms with Crippen LogP contribution < -0.4 is 10.6 Å². The molecule has 2 atom stereocenters. The van der Waals surface area contributed by atoms with Crippen molar-refractivity contribution in [3.63, 3.8) is 0 Å². The van der Waals surface area contributed by atoms with Gasteiger partial charge >= 0.3 is 0 Å². The van der Waals surface area contributed by atoms with E-state index in [1.165, 1.54) is 24.3 Å². The Kier molecular flexibility index (Phi) is 6.67. The number of hydrogen-bond donors (Lipinski definition) is 2. The largest absolute Gasteiger partial charge is 0.356 e. The molecule has 0 radical (unpaired) electrons. The van der Waals surface area contributed by atoms with Crippen molar-refractivity contribution in [1.82, 2.24) is 15.5 Å². The topological polar surface area (TPSA) is 44.4 Å². The minimum Gasteiger partial charge on any atom is -0.356 e. The number of piperidine rings is 1. The lowest BCUT2D eigenvalue weighted by molar-refractivity contribution is -0.124. The molecular weight excluding hydrogens is 282 g/mol. The van der Waals surface area contributed by atoms with Crippen molar-refractivity contribution in [2.45, 2.75) is 26.3 Å². The van der Waals surface area contributed by atoms with Gasteiger partial charge in [-0.25, -0.2) is 0 Å². The Morgan fingerprint density at radius 2 is 2.43 bits per heavy atom. The van der Waals surface area contributed by atoms with E-state index in [2.05, 4.69) is 33.0 Å². The molecule has 2 rings (SSSR count). The minimum absolute atomic E-state index is 0.0424. The Morgan fingerprint density at radius 1 is 1.57 bits per heavy atom. The molecule has 1 fully saturated rings. The molecule has 21 heavy (non-hydrogen) atoms. The number of likely N-dealkylation sites (tertiary alicyclic amines) is 1. The summed E-state index contributed by atoms with van der Waals surface area (Å²) in [6, 6.07) is 4.32. The first kappa shape index (κ1) is 16.5. The third-order valence-corrected chi connectivity index (χ3v) is 4.95. The van der Waals surface area contributed by atoms with Gasteiger partial charge in [-0.3, -0.25) is 9.69 Å².